The second kappa shape index (κ2) is 5.65. The van der Waals surface area contributed by atoms with Crippen molar-refractivity contribution in [2.24, 2.45) is 0 Å². The Kier molecular flexibility index (Phi) is 4.18. The van der Waals surface area contributed by atoms with Crippen molar-refractivity contribution in [3.63, 3.8) is 0 Å². The fraction of sp³-hybridized carbons (Fsp3) is 0.538. The van der Waals surface area contributed by atoms with E-state index in [1.807, 2.05) is 23.9 Å². The van der Waals surface area contributed by atoms with Gasteiger partial charge in [-0.15, -0.1) is 11.8 Å². The molecule has 1 heterocycles. The second-order valence-electron chi connectivity index (χ2n) is 4.15. The predicted molar refractivity (Wildman–Crippen MR) is 72.0 cm³/mol. The number of nitrogens with one attached hydrogen (secondary N) is 1. The smallest absolute Gasteiger partial charge is 0.166 e. The van der Waals surface area contributed by atoms with Gasteiger partial charge in [0.15, 0.2) is 11.5 Å². The average Bonchev–Trinajstić information content (AvgIpc) is 2.37. The molecular weight excluding hydrogens is 234 g/mol. The van der Waals surface area contributed by atoms with Gasteiger partial charge in [-0.2, -0.15) is 0 Å². The Morgan fingerprint density at radius 1 is 1.29 bits per heavy atom. The van der Waals surface area contributed by atoms with Gasteiger partial charge in [0.25, 0.3) is 0 Å². The minimum atomic E-state index is 0.295. The lowest BCUT2D eigenvalue weighted by Crippen LogP contribution is -2.29. The molecule has 1 aromatic carbocycles. The topological polar surface area (TPSA) is 30.5 Å². The Morgan fingerprint density at radius 3 is 2.76 bits per heavy atom. The summed E-state index contributed by atoms with van der Waals surface area (Å²) < 4.78 is 10.8. The molecule has 1 aliphatic heterocycles. The van der Waals surface area contributed by atoms with Crippen LogP contribution in [0.1, 0.15) is 24.3 Å². The van der Waals surface area contributed by atoms with Gasteiger partial charge in [-0.1, -0.05) is 19.1 Å². The molecule has 1 fully saturated rings. The third-order valence-corrected chi connectivity index (χ3v) is 4.36. The maximum atomic E-state index is 5.48. The summed E-state index contributed by atoms with van der Waals surface area (Å²) in [5.41, 5.74) is 1.17. The van der Waals surface area contributed by atoms with E-state index in [4.69, 9.17) is 9.47 Å². The zero-order valence-corrected chi connectivity index (χ0v) is 11.3. The van der Waals surface area contributed by atoms with Crippen LogP contribution in [0.15, 0.2) is 18.2 Å². The molecule has 0 radical (unpaired) electrons. The van der Waals surface area contributed by atoms with Gasteiger partial charge in [-0.25, -0.2) is 0 Å². The van der Waals surface area contributed by atoms with E-state index < -0.39 is 0 Å². The molecule has 1 N–H and O–H groups in total. The van der Waals surface area contributed by atoms with Crippen molar-refractivity contribution in [2.45, 2.75) is 24.0 Å². The summed E-state index contributed by atoms with van der Waals surface area (Å²) in [4.78, 5) is 0. The van der Waals surface area contributed by atoms with E-state index in [0.717, 1.165) is 18.0 Å². The summed E-state index contributed by atoms with van der Waals surface area (Å²) in [5.74, 6) is 1.64. The third kappa shape index (κ3) is 2.69. The highest BCUT2D eigenvalue weighted by molar-refractivity contribution is 8.00. The summed E-state index contributed by atoms with van der Waals surface area (Å²) in [6.45, 7) is 3.32. The Hall–Kier alpha value is -0.870. The van der Waals surface area contributed by atoms with Gasteiger partial charge in [0.1, 0.15) is 0 Å². The van der Waals surface area contributed by atoms with Crippen molar-refractivity contribution in [3.8, 4) is 11.5 Å². The van der Waals surface area contributed by atoms with E-state index in [9.17, 15) is 0 Å². The number of thioether (sulfide) groups is 1. The lowest BCUT2D eigenvalue weighted by atomic mass is 10.1. The summed E-state index contributed by atoms with van der Waals surface area (Å²) >= 11 is 1.94. The minimum Gasteiger partial charge on any atom is -0.493 e. The van der Waals surface area contributed by atoms with Gasteiger partial charge >= 0.3 is 0 Å². The first-order chi connectivity index (χ1) is 8.26. The lowest BCUT2D eigenvalue weighted by molar-refractivity contribution is 0.350. The van der Waals surface area contributed by atoms with Crippen LogP contribution in [0.5, 0.6) is 11.5 Å². The Bertz CT molecular complexity index is 384. The molecule has 0 spiro atoms. The lowest BCUT2D eigenvalue weighted by Gasteiger charge is -2.29. The minimum absolute atomic E-state index is 0.295. The largest absolute Gasteiger partial charge is 0.493 e. The SMILES string of the molecule is COc1cccc(C2NCCC(C)S2)c1OC. The Balaban J connectivity index is 2.30. The predicted octanol–water partition coefficient (Wildman–Crippen LogP) is 2.82. The van der Waals surface area contributed by atoms with Crippen LogP contribution in [0, 0.1) is 0 Å². The number of methoxy groups -OCH3 is 2. The van der Waals surface area contributed by atoms with Crippen molar-refractivity contribution in [2.75, 3.05) is 20.8 Å². The molecule has 0 bridgehead atoms. The van der Waals surface area contributed by atoms with Gasteiger partial charge < -0.3 is 14.8 Å². The fourth-order valence-electron chi connectivity index (χ4n) is 2.07. The van der Waals surface area contributed by atoms with Crippen molar-refractivity contribution in [1.29, 1.82) is 0 Å². The molecule has 94 valence electrons. The zero-order valence-electron chi connectivity index (χ0n) is 10.5. The van der Waals surface area contributed by atoms with Gasteiger partial charge in [-0.3, -0.25) is 0 Å². The van der Waals surface area contributed by atoms with Crippen LogP contribution in [0.3, 0.4) is 0 Å². The van der Waals surface area contributed by atoms with Crippen LogP contribution in [0.2, 0.25) is 0 Å². The van der Waals surface area contributed by atoms with Crippen LogP contribution in [0.4, 0.5) is 0 Å². The quantitative estimate of drug-likeness (QED) is 0.897. The van der Waals surface area contributed by atoms with Gasteiger partial charge in [0.05, 0.1) is 19.6 Å². The highest BCUT2D eigenvalue weighted by Crippen LogP contribution is 2.42. The first kappa shape index (κ1) is 12.6. The molecule has 1 saturated heterocycles. The number of rotatable bonds is 3. The molecule has 1 aliphatic rings. The van der Waals surface area contributed by atoms with Crippen molar-refractivity contribution in [1.82, 2.24) is 5.32 Å². The second-order valence-corrected chi connectivity index (χ2v) is 5.70. The van der Waals surface area contributed by atoms with E-state index >= 15 is 0 Å². The molecule has 17 heavy (non-hydrogen) atoms. The molecule has 2 atom stereocenters. The van der Waals surface area contributed by atoms with Crippen molar-refractivity contribution in [3.05, 3.63) is 23.8 Å². The van der Waals surface area contributed by atoms with E-state index in [1.54, 1.807) is 14.2 Å². The number of para-hydroxylation sites is 1. The summed E-state index contributed by atoms with van der Waals surface area (Å²) in [7, 11) is 3.37. The van der Waals surface area contributed by atoms with Crippen LogP contribution < -0.4 is 14.8 Å². The van der Waals surface area contributed by atoms with Gasteiger partial charge in [0, 0.05) is 10.8 Å². The molecule has 2 unspecified atom stereocenters. The monoisotopic (exact) mass is 253 g/mol. The zero-order chi connectivity index (χ0) is 12.3. The highest BCUT2D eigenvalue weighted by Gasteiger charge is 2.24. The van der Waals surface area contributed by atoms with E-state index in [0.29, 0.717) is 10.6 Å². The molecule has 3 nitrogen and oxygen atoms in total. The van der Waals surface area contributed by atoms with Crippen molar-refractivity contribution < 1.29 is 9.47 Å². The normalized spacial score (nSPS) is 24.4. The molecule has 1 aromatic rings. The summed E-state index contributed by atoms with van der Waals surface area (Å²) in [6.07, 6.45) is 1.22. The molecule has 0 amide bonds. The number of hydrogen-bond acceptors (Lipinski definition) is 4. The Labute approximate surface area is 107 Å². The summed E-state index contributed by atoms with van der Waals surface area (Å²) in [5, 5.41) is 4.49. The number of benzene rings is 1. The fourth-order valence-corrected chi connectivity index (χ4v) is 3.33. The molecule has 0 aromatic heterocycles. The van der Waals surface area contributed by atoms with E-state index in [-0.39, 0.29) is 0 Å². The maximum absolute atomic E-state index is 5.48. The maximum Gasteiger partial charge on any atom is 0.166 e. The number of hydrogen-bond donors (Lipinski definition) is 1. The van der Waals surface area contributed by atoms with Crippen LogP contribution >= 0.6 is 11.8 Å². The van der Waals surface area contributed by atoms with Crippen molar-refractivity contribution >= 4 is 11.8 Å². The van der Waals surface area contributed by atoms with Crippen LogP contribution in [-0.2, 0) is 0 Å². The van der Waals surface area contributed by atoms with Crippen LogP contribution in [-0.4, -0.2) is 26.0 Å². The molecule has 0 aliphatic carbocycles. The third-order valence-electron chi connectivity index (χ3n) is 2.96. The molecule has 2 rings (SSSR count). The first-order valence-corrected chi connectivity index (χ1v) is 6.80. The summed E-state index contributed by atoms with van der Waals surface area (Å²) in [6, 6.07) is 6.04. The highest BCUT2D eigenvalue weighted by atomic mass is 32.2. The first-order valence-electron chi connectivity index (χ1n) is 5.86. The standard InChI is InChI=1S/C13H19NO2S/c1-9-7-8-14-13(17-9)10-5-4-6-11(15-2)12(10)16-3/h4-6,9,13-14H,7-8H2,1-3H3. The van der Waals surface area contributed by atoms with E-state index in [2.05, 4.69) is 18.3 Å². The molecule has 0 saturated carbocycles. The number of ether oxygens (including phenoxy) is 2. The average molecular weight is 253 g/mol. The molecule has 4 heteroatoms. The van der Waals surface area contributed by atoms with E-state index in [1.165, 1.54) is 12.0 Å². The Morgan fingerprint density at radius 2 is 2.12 bits per heavy atom. The van der Waals surface area contributed by atoms with Crippen LogP contribution in [0.25, 0.3) is 0 Å². The van der Waals surface area contributed by atoms with Gasteiger partial charge in [0.2, 0.25) is 0 Å². The van der Waals surface area contributed by atoms with Gasteiger partial charge in [-0.05, 0) is 19.0 Å². The molecular formula is C13H19NO2S.